The molecule has 6 nitrogen and oxygen atoms in total. The average molecular weight is 371 g/mol. The first-order chi connectivity index (χ1) is 13.1. The summed E-state index contributed by atoms with van der Waals surface area (Å²) >= 11 is 0. The second-order valence-electron chi connectivity index (χ2n) is 6.98. The van der Waals surface area contributed by atoms with Crippen LogP contribution in [-0.4, -0.2) is 45.3 Å². The van der Waals surface area contributed by atoms with Crippen molar-refractivity contribution in [2.75, 3.05) is 13.6 Å². The Bertz CT molecular complexity index is 704. The van der Waals surface area contributed by atoms with Crippen LogP contribution in [0.15, 0.2) is 35.6 Å². The highest BCUT2D eigenvalue weighted by Crippen LogP contribution is 2.08. The van der Waals surface area contributed by atoms with Crippen molar-refractivity contribution in [3.05, 3.63) is 47.5 Å². The van der Waals surface area contributed by atoms with Gasteiger partial charge in [0.1, 0.15) is 12.2 Å². The molecule has 1 N–H and O–H groups in total. The number of benzene rings is 1. The summed E-state index contributed by atoms with van der Waals surface area (Å²) in [6.07, 6.45) is 4.80. The molecule has 0 bridgehead atoms. The van der Waals surface area contributed by atoms with Gasteiger partial charge in [-0.2, -0.15) is 0 Å². The van der Waals surface area contributed by atoms with E-state index in [0.717, 1.165) is 44.1 Å². The highest BCUT2D eigenvalue weighted by Gasteiger charge is 2.10. The van der Waals surface area contributed by atoms with E-state index in [-0.39, 0.29) is 0 Å². The Hall–Kier alpha value is -2.37. The minimum Gasteiger partial charge on any atom is -0.354 e. The highest BCUT2D eigenvalue weighted by molar-refractivity contribution is 5.80. The molecule has 0 fully saturated rings. The topological polar surface area (TPSA) is 58.3 Å². The van der Waals surface area contributed by atoms with Gasteiger partial charge in [-0.1, -0.05) is 45.0 Å². The Morgan fingerprint density at radius 1 is 1.15 bits per heavy atom. The van der Waals surface area contributed by atoms with Gasteiger partial charge >= 0.3 is 0 Å². The SMILES string of the molecule is CCc1ccc(CN(C)C(=NCCn2cnnc2CC)NC(C)CC)cc1. The predicted molar refractivity (Wildman–Crippen MR) is 112 cm³/mol. The molecule has 148 valence electrons. The Kier molecular flexibility index (Phi) is 8.30. The second kappa shape index (κ2) is 10.7. The molecule has 6 heteroatoms. The summed E-state index contributed by atoms with van der Waals surface area (Å²) in [7, 11) is 2.10. The van der Waals surface area contributed by atoms with Gasteiger partial charge in [0, 0.05) is 32.6 Å². The molecule has 0 aliphatic rings. The van der Waals surface area contributed by atoms with Crippen LogP contribution in [0.5, 0.6) is 0 Å². The molecule has 0 aliphatic carbocycles. The molecule has 0 saturated heterocycles. The first-order valence-corrected chi connectivity index (χ1v) is 10.0. The standard InChI is InChI=1S/C21H34N6/c1-6-17(4)24-21(22-13-14-27-16-23-25-20(27)8-3)26(5)15-19-11-9-18(7-2)10-12-19/h9-12,16-17H,6-8,13-15H2,1-5H3,(H,22,24). The van der Waals surface area contributed by atoms with Gasteiger partial charge in [-0.15, -0.1) is 10.2 Å². The maximum atomic E-state index is 4.85. The lowest BCUT2D eigenvalue weighted by molar-refractivity contribution is 0.458. The number of rotatable bonds is 9. The van der Waals surface area contributed by atoms with Gasteiger partial charge in [-0.05, 0) is 30.9 Å². The zero-order valence-corrected chi connectivity index (χ0v) is 17.4. The van der Waals surface area contributed by atoms with Crippen LogP contribution in [-0.2, 0) is 25.9 Å². The average Bonchev–Trinajstić information content (AvgIpc) is 3.15. The van der Waals surface area contributed by atoms with Crippen molar-refractivity contribution in [2.24, 2.45) is 4.99 Å². The molecule has 0 amide bonds. The number of aromatic nitrogens is 3. The van der Waals surface area contributed by atoms with Gasteiger partial charge in [-0.25, -0.2) is 0 Å². The second-order valence-corrected chi connectivity index (χ2v) is 6.98. The fourth-order valence-electron chi connectivity index (χ4n) is 2.83. The largest absolute Gasteiger partial charge is 0.354 e. The third-order valence-corrected chi connectivity index (χ3v) is 4.81. The van der Waals surface area contributed by atoms with E-state index in [4.69, 9.17) is 4.99 Å². The number of hydrogen-bond donors (Lipinski definition) is 1. The van der Waals surface area contributed by atoms with Gasteiger partial charge in [0.05, 0.1) is 6.54 Å². The van der Waals surface area contributed by atoms with E-state index in [0.29, 0.717) is 12.6 Å². The third kappa shape index (κ3) is 6.38. The molecule has 0 saturated carbocycles. The minimum atomic E-state index is 0.384. The van der Waals surface area contributed by atoms with Crippen molar-refractivity contribution in [3.63, 3.8) is 0 Å². The van der Waals surface area contributed by atoms with E-state index in [1.807, 2.05) is 0 Å². The van der Waals surface area contributed by atoms with Crippen molar-refractivity contribution in [2.45, 2.75) is 66.1 Å². The molecule has 0 spiro atoms. The zero-order chi connectivity index (χ0) is 19.6. The van der Waals surface area contributed by atoms with Gasteiger partial charge in [0.15, 0.2) is 5.96 Å². The monoisotopic (exact) mass is 370 g/mol. The molecule has 2 rings (SSSR count). The lowest BCUT2D eigenvalue weighted by Crippen LogP contribution is -2.43. The number of aryl methyl sites for hydroxylation is 2. The summed E-state index contributed by atoms with van der Waals surface area (Å²) in [5.41, 5.74) is 2.66. The van der Waals surface area contributed by atoms with Gasteiger partial charge in [0.2, 0.25) is 0 Å². The molecule has 1 heterocycles. The minimum absolute atomic E-state index is 0.384. The molecular formula is C21H34N6. The van der Waals surface area contributed by atoms with Crippen molar-refractivity contribution in [3.8, 4) is 0 Å². The van der Waals surface area contributed by atoms with E-state index >= 15 is 0 Å². The number of hydrogen-bond acceptors (Lipinski definition) is 3. The lowest BCUT2D eigenvalue weighted by Gasteiger charge is -2.25. The summed E-state index contributed by atoms with van der Waals surface area (Å²) in [5.74, 6) is 1.95. The van der Waals surface area contributed by atoms with Crippen LogP contribution >= 0.6 is 0 Å². The molecule has 2 aromatic rings. The summed E-state index contributed by atoms with van der Waals surface area (Å²) in [6, 6.07) is 9.22. The Labute approximate surface area is 163 Å². The van der Waals surface area contributed by atoms with E-state index in [1.165, 1.54) is 11.1 Å². The fraction of sp³-hybridized carbons (Fsp3) is 0.571. The first kappa shape index (κ1) is 20.9. The van der Waals surface area contributed by atoms with Crippen molar-refractivity contribution < 1.29 is 0 Å². The van der Waals surface area contributed by atoms with Gasteiger partial charge < -0.3 is 14.8 Å². The molecule has 1 aromatic carbocycles. The quantitative estimate of drug-likeness (QED) is 0.544. The highest BCUT2D eigenvalue weighted by atomic mass is 15.3. The van der Waals surface area contributed by atoms with Crippen LogP contribution in [0.2, 0.25) is 0 Å². The number of nitrogens with zero attached hydrogens (tertiary/aromatic N) is 5. The summed E-state index contributed by atoms with van der Waals surface area (Å²) in [4.78, 5) is 7.04. The third-order valence-electron chi connectivity index (χ3n) is 4.81. The van der Waals surface area contributed by atoms with Crippen LogP contribution in [0.3, 0.4) is 0 Å². The smallest absolute Gasteiger partial charge is 0.194 e. The molecule has 27 heavy (non-hydrogen) atoms. The van der Waals surface area contributed by atoms with E-state index in [1.54, 1.807) is 6.33 Å². The Balaban J connectivity index is 2.04. The molecular weight excluding hydrogens is 336 g/mol. The summed E-state index contributed by atoms with van der Waals surface area (Å²) in [5, 5.41) is 11.7. The maximum Gasteiger partial charge on any atom is 0.194 e. The molecule has 0 aliphatic heterocycles. The Morgan fingerprint density at radius 2 is 1.85 bits per heavy atom. The number of nitrogens with one attached hydrogen (secondary N) is 1. The first-order valence-electron chi connectivity index (χ1n) is 10.0. The van der Waals surface area contributed by atoms with E-state index < -0.39 is 0 Å². The molecule has 0 radical (unpaired) electrons. The maximum absolute atomic E-state index is 4.85. The zero-order valence-electron chi connectivity index (χ0n) is 17.4. The van der Waals surface area contributed by atoms with Crippen molar-refractivity contribution >= 4 is 5.96 Å². The van der Waals surface area contributed by atoms with Gasteiger partial charge in [-0.3, -0.25) is 4.99 Å². The molecule has 1 atom stereocenters. The van der Waals surface area contributed by atoms with Crippen molar-refractivity contribution in [1.29, 1.82) is 0 Å². The Morgan fingerprint density at radius 3 is 2.48 bits per heavy atom. The summed E-state index contributed by atoms with van der Waals surface area (Å²) in [6.45, 7) is 11.0. The van der Waals surface area contributed by atoms with Crippen LogP contribution in [0, 0.1) is 0 Å². The molecule has 1 unspecified atom stereocenters. The predicted octanol–water partition coefficient (Wildman–Crippen LogP) is 3.28. The van der Waals surface area contributed by atoms with E-state index in [9.17, 15) is 0 Å². The summed E-state index contributed by atoms with van der Waals surface area (Å²) < 4.78 is 2.08. The number of aliphatic imine (C=N–C) groups is 1. The van der Waals surface area contributed by atoms with E-state index in [2.05, 4.69) is 84.0 Å². The van der Waals surface area contributed by atoms with Crippen LogP contribution in [0.25, 0.3) is 0 Å². The van der Waals surface area contributed by atoms with Crippen LogP contribution in [0.1, 0.15) is 51.1 Å². The lowest BCUT2D eigenvalue weighted by atomic mass is 10.1. The van der Waals surface area contributed by atoms with Crippen molar-refractivity contribution in [1.82, 2.24) is 25.0 Å². The van der Waals surface area contributed by atoms with Gasteiger partial charge in [0.25, 0.3) is 0 Å². The normalized spacial score (nSPS) is 12.9. The van der Waals surface area contributed by atoms with Crippen LogP contribution in [0.4, 0.5) is 0 Å². The van der Waals surface area contributed by atoms with Crippen LogP contribution < -0.4 is 5.32 Å². The number of guanidine groups is 1. The molecule has 1 aromatic heterocycles. The fourth-order valence-corrected chi connectivity index (χ4v) is 2.83.